The first-order valence-corrected chi connectivity index (χ1v) is 6.27. The maximum Gasteiger partial charge on any atom is 0.413 e. The van der Waals surface area contributed by atoms with Crippen molar-refractivity contribution in [3.8, 4) is 11.8 Å². The van der Waals surface area contributed by atoms with Crippen LogP contribution >= 0.6 is 25.1 Å². The van der Waals surface area contributed by atoms with E-state index in [-0.39, 0.29) is 13.5 Å². The number of anilines is 1. The summed E-state index contributed by atoms with van der Waals surface area (Å²) in [5.74, 6) is 6.69. The number of amides is 1. The predicted molar refractivity (Wildman–Crippen MR) is 79.8 cm³/mol. The predicted octanol–water partition coefficient (Wildman–Crippen LogP) is 3.64. The second-order valence-corrected chi connectivity index (χ2v) is 5.22. The highest BCUT2D eigenvalue weighted by atomic mass is 35.5. The van der Waals surface area contributed by atoms with E-state index in [0.717, 1.165) is 18.4 Å². The Morgan fingerprint density at radius 3 is 2.89 bits per heavy atom. The van der Waals surface area contributed by atoms with E-state index in [1.807, 2.05) is 0 Å². The van der Waals surface area contributed by atoms with Gasteiger partial charge in [-0.15, -0.1) is 0 Å². The van der Waals surface area contributed by atoms with E-state index in [0.29, 0.717) is 16.6 Å². The summed E-state index contributed by atoms with van der Waals surface area (Å²) in [4.78, 5) is 11.6. The molecule has 1 saturated carbocycles. The summed E-state index contributed by atoms with van der Waals surface area (Å²) in [6, 6.07) is 5.30. The highest BCUT2D eigenvalue weighted by Gasteiger charge is 2.37. The summed E-state index contributed by atoms with van der Waals surface area (Å²) in [6.45, 7) is 1.80. The molecule has 3 nitrogen and oxygen atoms in total. The molecule has 1 N–H and O–H groups in total. The second kappa shape index (κ2) is 4.99. The molecule has 5 heteroatoms. The van der Waals surface area contributed by atoms with Gasteiger partial charge in [-0.3, -0.25) is 5.32 Å². The monoisotopic (exact) mass is 295 g/mol. The Balaban J connectivity index is 0.00000133. The van der Waals surface area contributed by atoms with Gasteiger partial charge in [0.25, 0.3) is 0 Å². The summed E-state index contributed by atoms with van der Waals surface area (Å²) < 4.78 is 5.35. The third kappa shape index (κ3) is 2.83. The molecule has 0 bridgehead atoms. The maximum absolute atomic E-state index is 11.6. The maximum atomic E-state index is 11.6. The Kier molecular flexibility index (Phi) is 3.71. The lowest BCUT2D eigenvalue weighted by molar-refractivity contribution is 0.0714. The van der Waals surface area contributed by atoms with Crippen LogP contribution in [0.1, 0.15) is 25.3 Å². The normalized spacial score (nSPS) is 24.0. The van der Waals surface area contributed by atoms with Gasteiger partial charge in [0.2, 0.25) is 0 Å². The summed E-state index contributed by atoms with van der Waals surface area (Å²) in [7, 11) is 0. The van der Waals surface area contributed by atoms with Crippen molar-refractivity contribution < 1.29 is 9.53 Å². The molecule has 100 valence electrons. The van der Waals surface area contributed by atoms with Crippen molar-refractivity contribution >= 4 is 36.9 Å². The lowest BCUT2D eigenvalue weighted by Gasteiger charge is -2.31. The molecule has 1 aliphatic carbocycles. The number of cyclic esters (lactones) is 1. The Bertz CT molecular complexity index is 589. The molecule has 0 saturated heterocycles. The summed E-state index contributed by atoms with van der Waals surface area (Å²) >= 11 is 6.00. The molecule has 0 unspecified atom stereocenters. The van der Waals surface area contributed by atoms with Crippen molar-refractivity contribution in [3.05, 3.63) is 28.8 Å². The van der Waals surface area contributed by atoms with Gasteiger partial charge in [0.05, 0.1) is 5.69 Å². The lowest BCUT2D eigenvalue weighted by atomic mass is 9.93. The number of carbonyl (C=O) groups is 1. The third-order valence-electron chi connectivity index (χ3n) is 3.12. The quantitative estimate of drug-likeness (QED) is 0.742. The molecule has 0 spiro atoms. The van der Waals surface area contributed by atoms with E-state index in [2.05, 4.69) is 17.2 Å². The summed E-state index contributed by atoms with van der Waals surface area (Å²) in [6.07, 6.45) is 1.80. The number of nitrogens with one attached hydrogen (secondary N) is 1. The third-order valence-corrected chi connectivity index (χ3v) is 3.36. The van der Waals surface area contributed by atoms with Gasteiger partial charge in [0, 0.05) is 16.5 Å². The first kappa shape index (κ1) is 14.1. The fourth-order valence-electron chi connectivity index (χ4n) is 1.96. The summed E-state index contributed by atoms with van der Waals surface area (Å²) in [5.41, 5.74) is 0.608. The molecule has 1 aromatic rings. The molecule has 1 atom stereocenters. The first-order valence-electron chi connectivity index (χ1n) is 5.89. The molecule has 1 amide bonds. The van der Waals surface area contributed by atoms with Crippen LogP contribution in [0.15, 0.2) is 18.2 Å². The van der Waals surface area contributed by atoms with Gasteiger partial charge >= 0.3 is 6.09 Å². The number of hydrogen-bond acceptors (Lipinski definition) is 2. The molecule has 1 aliphatic heterocycles. The molecule has 1 fully saturated rings. The average Bonchev–Trinajstić information content (AvgIpc) is 3.12. The SMILES string of the molecule is C[C@@]1(C#CC2CC2)OC(=O)Nc2ccc(Cl)cc21.S. The number of rotatable bonds is 0. The van der Waals surface area contributed by atoms with Gasteiger partial charge in [0.1, 0.15) is 0 Å². The van der Waals surface area contributed by atoms with E-state index < -0.39 is 11.7 Å². The first-order chi connectivity index (χ1) is 8.57. The van der Waals surface area contributed by atoms with Gasteiger partial charge in [-0.1, -0.05) is 23.4 Å². The highest BCUT2D eigenvalue weighted by Crippen LogP contribution is 2.37. The van der Waals surface area contributed by atoms with E-state index in [4.69, 9.17) is 16.3 Å². The van der Waals surface area contributed by atoms with Crippen LogP contribution in [0.5, 0.6) is 0 Å². The molecular formula is C14H14ClNO2S. The van der Waals surface area contributed by atoms with Gasteiger partial charge in [-0.2, -0.15) is 13.5 Å². The number of benzene rings is 1. The van der Waals surface area contributed by atoms with Gasteiger partial charge in [0.15, 0.2) is 5.60 Å². The highest BCUT2D eigenvalue weighted by molar-refractivity contribution is 7.59. The molecule has 0 radical (unpaired) electrons. The Labute approximate surface area is 124 Å². The zero-order valence-corrected chi connectivity index (χ0v) is 12.2. The van der Waals surface area contributed by atoms with E-state index >= 15 is 0 Å². The van der Waals surface area contributed by atoms with Gasteiger partial charge in [-0.05, 0) is 38.0 Å². The molecule has 1 heterocycles. The van der Waals surface area contributed by atoms with Crippen LogP contribution < -0.4 is 5.32 Å². The van der Waals surface area contributed by atoms with Crippen LogP contribution in [0.3, 0.4) is 0 Å². The number of ether oxygens (including phenoxy) is 1. The van der Waals surface area contributed by atoms with E-state index in [1.54, 1.807) is 25.1 Å². The molecule has 3 rings (SSSR count). The lowest BCUT2D eigenvalue weighted by Crippen LogP contribution is -2.36. The van der Waals surface area contributed by atoms with Crippen LogP contribution in [0.25, 0.3) is 0 Å². The van der Waals surface area contributed by atoms with Crippen molar-refractivity contribution in [1.29, 1.82) is 0 Å². The molecule has 2 aliphatic rings. The van der Waals surface area contributed by atoms with Crippen LogP contribution in [0.2, 0.25) is 5.02 Å². The number of carbonyl (C=O) groups excluding carboxylic acids is 1. The number of halogens is 1. The van der Waals surface area contributed by atoms with Crippen molar-refractivity contribution in [1.82, 2.24) is 0 Å². The van der Waals surface area contributed by atoms with Crippen LogP contribution in [0, 0.1) is 17.8 Å². The van der Waals surface area contributed by atoms with Gasteiger partial charge in [-0.25, -0.2) is 4.79 Å². The second-order valence-electron chi connectivity index (χ2n) is 4.78. The summed E-state index contributed by atoms with van der Waals surface area (Å²) in [5, 5.41) is 3.26. The number of hydrogen-bond donors (Lipinski definition) is 1. The van der Waals surface area contributed by atoms with Crippen molar-refractivity contribution in [2.45, 2.75) is 25.4 Å². The fourth-order valence-corrected chi connectivity index (χ4v) is 2.13. The molecule has 1 aromatic carbocycles. The minimum Gasteiger partial charge on any atom is -0.425 e. The van der Waals surface area contributed by atoms with Crippen molar-refractivity contribution in [2.75, 3.05) is 5.32 Å². The Hall–Kier alpha value is -1.31. The van der Waals surface area contributed by atoms with Crippen LogP contribution in [-0.4, -0.2) is 6.09 Å². The Morgan fingerprint density at radius 2 is 2.21 bits per heavy atom. The van der Waals surface area contributed by atoms with Crippen LogP contribution in [0.4, 0.5) is 10.5 Å². The standard InChI is InChI=1S/C14H12ClNO2.H2S/c1-14(7-6-9-2-3-9)11-8-10(15)4-5-12(11)16-13(17)18-14;/h4-5,8-9H,2-3H2,1H3,(H,16,17);1H2/t14-;/m0./s1. The van der Waals surface area contributed by atoms with E-state index in [9.17, 15) is 4.79 Å². The topological polar surface area (TPSA) is 38.3 Å². The minimum absolute atomic E-state index is 0. The van der Waals surface area contributed by atoms with Crippen LogP contribution in [-0.2, 0) is 10.3 Å². The molecule has 19 heavy (non-hydrogen) atoms. The van der Waals surface area contributed by atoms with Crippen molar-refractivity contribution in [3.63, 3.8) is 0 Å². The minimum atomic E-state index is -0.912. The van der Waals surface area contributed by atoms with E-state index in [1.165, 1.54) is 0 Å². The largest absolute Gasteiger partial charge is 0.425 e. The molecular weight excluding hydrogens is 282 g/mol. The smallest absolute Gasteiger partial charge is 0.413 e. The number of fused-ring (bicyclic) bond motifs is 1. The molecule has 0 aromatic heterocycles. The fraction of sp³-hybridized carbons (Fsp3) is 0.357. The zero-order chi connectivity index (χ0) is 12.8. The average molecular weight is 296 g/mol. The van der Waals surface area contributed by atoms with Gasteiger partial charge < -0.3 is 4.74 Å². The Morgan fingerprint density at radius 1 is 1.47 bits per heavy atom. The zero-order valence-electron chi connectivity index (χ0n) is 10.4. The van der Waals surface area contributed by atoms with Crippen molar-refractivity contribution in [2.24, 2.45) is 5.92 Å².